The van der Waals surface area contributed by atoms with Crippen molar-refractivity contribution < 1.29 is 33.7 Å². The van der Waals surface area contributed by atoms with Crippen LogP contribution >= 0.6 is 0 Å². The summed E-state index contributed by atoms with van der Waals surface area (Å²) in [5.41, 5.74) is -1.18. The first kappa shape index (κ1) is 29.5. The van der Waals surface area contributed by atoms with E-state index in [9.17, 15) is 29.1 Å². The first-order valence-electron chi connectivity index (χ1n) is 13.7. The van der Waals surface area contributed by atoms with Crippen LogP contribution < -0.4 is 27.2 Å². The molecule has 40 heavy (non-hydrogen) atoms. The zero-order valence-electron chi connectivity index (χ0n) is 22.6. The smallest absolute Gasteiger partial charge is 0.330 e. The summed E-state index contributed by atoms with van der Waals surface area (Å²) in [4.78, 5) is 64.3. The molecule has 14 heteroatoms. The van der Waals surface area contributed by atoms with Crippen LogP contribution in [0.2, 0.25) is 0 Å². The molecule has 6 unspecified atom stereocenters. The number of H-pyrrole nitrogens is 1. The number of rotatable bonds is 9. The van der Waals surface area contributed by atoms with Gasteiger partial charge in [-0.25, -0.2) is 4.79 Å². The van der Waals surface area contributed by atoms with Gasteiger partial charge < -0.3 is 35.3 Å². The van der Waals surface area contributed by atoms with Crippen molar-refractivity contribution in [1.29, 1.82) is 0 Å². The van der Waals surface area contributed by atoms with Gasteiger partial charge >= 0.3 is 5.69 Å². The first-order chi connectivity index (χ1) is 19.2. The van der Waals surface area contributed by atoms with Gasteiger partial charge in [0, 0.05) is 31.3 Å². The maximum Gasteiger partial charge on any atom is 0.330 e. The highest BCUT2D eigenvalue weighted by Gasteiger charge is 2.42. The van der Waals surface area contributed by atoms with E-state index in [1.807, 2.05) is 13.8 Å². The number of nitrogens with zero attached hydrogens (tertiary/aromatic N) is 1. The lowest BCUT2D eigenvalue weighted by Crippen LogP contribution is -2.51. The van der Waals surface area contributed by atoms with Crippen molar-refractivity contribution in [3.63, 3.8) is 0 Å². The summed E-state index contributed by atoms with van der Waals surface area (Å²) in [6.45, 7) is 4.16. The number of nitrogens with one attached hydrogen (secondary N) is 4. The molecule has 1 aromatic rings. The number of carbonyl (C=O) groups is 3. The minimum absolute atomic E-state index is 0.0171. The summed E-state index contributed by atoms with van der Waals surface area (Å²) < 4.78 is 18.9. The van der Waals surface area contributed by atoms with E-state index in [2.05, 4.69) is 20.9 Å². The van der Waals surface area contributed by atoms with E-state index in [-0.39, 0.29) is 24.1 Å². The van der Waals surface area contributed by atoms with Gasteiger partial charge in [-0.15, -0.1) is 0 Å². The molecule has 220 valence electrons. The first-order valence-corrected chi connectivity index (χ1v) is 13.7. The summed E-state index contributed by atoms with van der Waals surface area (Å²) in [5, 5.41) is 18.9. The van der Waals surface area contributed by atoms with Crippen molar-refractivity contribution in [2.75, 3.05) is 6.54 Å². The lowest BCUT2D eigenvalue weighted by atomic mass is 10.1. The van der Waals surface area contributed by atoms with Crippen LogP contribution in [0.3, 0.4) is 0 Å². The molecule has 0 bridgehead atoms. The quantitative estimate of drug-likeness (QED) is 0.258. The monoisotopic (exact) mass is 563 g/mol. The van der Waals surface area contributed by atoms with Crippen molar-refractivity contribution >= 4 is 17.7 Å². The predicted octanol–water partition coefficient (Wildman–Crippen LogP) is -0.710. The molecular weight excluding hydrogens is 526 g/mol. The number of carbonyl (C=O) groups excluding carboxylic acids is 3. The van der Waals surface area contributed by atoms with E-state index < -0.39 is 59.9 Å². The number of aromatic amines is 1. The lowest BCUT2D eigenvalue weighted by molar-refractivity contribution is -0.224. The Balaban J connectivity index is 1.44. The Bertz CT molecular complexity index is 1230. The summed E-state index contributed by atoms with van der Waals surface area (Å²) >= 11 is 0. The minimum Gasteiger partial charge on any atom is -0.457 e. The molecule has 0 radical (unpaired) electrons. The van der Waals surface area contributed by atoms with Crippen molar-refractivity contribution in [3.8, 4) is 0 Å². The van der Waals surface area contributed by atoms with Crippen LogP contribution in [-0.2, 0) is 28.6 Å². The Kier molecular flexibility index (Phi) is 9.76. The van der Waals surface area contributed by atoms with Crippen LogP contribution in [0.25, 0.3) is 0 Å². The zero-order valence-corrected chi connectivity index (χ0v) is 22.6. The molecule has 0 spiro atoms. The van der Waals surface area contributed by atoms with Gasteiger partial charge in [0.15, 0.2) is 11.9 Å². The number of aromatic nitrogens is 2. The van der Waals surface area contributed by atoms with Gasteiger partial charge in [-0.3, -0.25) is 28.7 Å². The van der Waals surface area contributed by atoms with Gasteiger partial charge in [0.1, 0.15) is 18.4 Å². The van der Waals surface area contributed by atoms with E-state index in [0.29, 0.717) is 32.2 Å². The van der Waals surface area contributed by atoms with E-state index in [1.165, 1.54) is 22.9 Å². The summed E-state index contributed by atoms with van der Waals surface area (Å²) in [6, 6.07) is 0.495. The molecule has 7 atom stereocenters. The molecule has 3 amide bonds. The average Bonchev–Trinajstić information content (AvgIpc) is 3.33. The highest BCUT2D eigenvalue weighted by Crippen LogP contribution is 2.32. The molecule has 2 fully saturated rings. The number of hydrogen-bond donors (Lipinski definition) is 5. The zero-order chi connectivity index (χ0) is 28.8. The van der Waals surface area contributed by atoms with Gasteiger partial charge in [-0.05, 0) is 51.5 Å². The molecule has 1 aromatic heterocycles. The topological polar surface area (TPSA) is 190 Å². The predicted molar refractivity (Wildman–Crippen MR) is 140 cm³/mol. The number of hydrogen-bond acceptors (Lipinski definition) is 9. The largest absolute Gasteiger partial charge is 0.457 e. The number of aliphatic hydroxyl groups excluding tert-OH is 1. The van der Waals surface area contributed by atoms with E-state index in [4.69, 9.17) is 14.2 Å². The summed E-state index contributed by atoms with van der Waals surface area (Å²) in [7, 11) is 0. The van der Waals surface area contributed by atoms with Crippen molar-refractivity contribution in [3.05, 3.63) is 44.9 Å². The molecule has 4 heterocycles. The maximum atomic E-state index is 13.1. The Morgan fingerprint density at radius 1 is 1.23 bits per heavy atom. The molecule has 3 aliphatic heterocycles. The van der Waals surface area contributed by atoms with Crippen molar-refractivity contribution in [2.45, 2.75) is 102 Å². The minimum atomic E-state index is -1.37. The second-order valence-corrected chi connectivity index (χ2v) is 10.3. The molecule has 0 saturated carbocycles. The molecule has 0 aromatic carbocycles. The van der Waals surface area contributed by atoms with Crippen LogP contribution in [0.4, 0.5) is 0 Å². The fourth-order valence-corrected chi connectivity index (χ4v) is 4.94. The standard InChI is InChI=1S/C26H37N5O9/c1-3-12-27-24(36)21(17-9-10-20(38-17)31-13-11-19(33)30-26(31)37)40-25-16(32)7-8-18(39-25)23(35)29-15-6-4-5-14(2)28-22(15)34/h8,11,13-17,20-21,25,32H,3-7,9-10,12H2,1-2H3,(H,27,36)(H,28,34)(H,29,35)(H,30,33,37)/t14?,15?,16-,17?,20?,21?,25?/m0/s1. The fourth-order valence-electron chi connectivity index (χ4n) is 4.94. The van der Waals surface area contributed by atoms with Gasteiger partial charge in [-0.2, -0.15) is 0 Å². The molecule has 0 aliphatic carbocycles. The Morgan fingerprint density at radius 3 is 2.77 bits per heavy atom. The molecule has 5 N–H and O–H groups in total. The van der Waals surface area contributed by atoms with Gasteiger partial charge in [0.25, 0.3) is 17.4 Å². The highest BCUT2D eigenvalue weighted by atomic mass is 16.7. The molecule has 4 rings (SSSR count). The van der Waals surface area contributed by atoms with Gasteiger partial charge in [-0.1, -0.05) is 6.92 Å². The SMILES string of the molecule is CCCNC(=O)C(OC1OC(C(=O)NC2CCCC(C)NC2=O)=CC[C@@H]1O)C1CCC(n2ccc(=O)[nH]c2=O)O1. The Hall–Kier alpha value is -3.49. The third-order valence-corrected chi connectivity index (χ3v) is 7.08. The Labute approximate surface area is 230 Å². The summed E-state index contributed by atoms with van der Waals surface area (Å²) in [6.07, 6.45) is 0.831. The Morgan fingerprint density at radius 2 is 2.02 bits per heavy atom. The van der Waals surface area contributed by atoms with Crippen LogP contribution in [0.1, 0.15) is 65.0 Å². The van der Waals surface area contributed by atoms with Crippen LogP contribution in [0, 0.1) is 0 Å². The van der Waals surface area contributed by atoms with Crippen LogP contribution in [-0.4, -0.2) is 75.6 Å². The van der Waals surface area contributed by atoms with Gasteiger partial charge in [0.05, 0.1) is 6.10 Å². The van der Waals surface area contributed by atoms with Crippen LogP contribution in [0.5, 0.6) is 0 Å². The molecule has 2 saturated heterocycles. The van der Waals surface area contributed by atoms with E-state index >= 15 is 0 Å². The number of aliphatic hydroxyl groups is 1. The van der Waals surface area contributed by atoms with E-state index in [0.717, 1.165) is 12.8 Å². The highest BCUT2D eigenvalue weighted by molar-refractivity contribution is 5.95. The number of ether oxygens (including phenoxy) is 3. The molecule has 3 aliphatic rings. The average molecular weight is 564 g/mol. The number of amides is 3. The fraction of sp³-hybridized carbons (Fsp3) is 0.654. The second kappa shape index (κ2) is 13.2. The molecular formula is C26H37N5O9. The van der Waals surface area contributed by atoms with Crippen molar-refractivity contribution in [1.82, 2.24) is 25.5 Å². The van der Waals surface area contributed by atoms with Crippen LogP contribution in [0.15, 0.2) is 33.7 Å². The normalized spacial score (nSPS) is 29.4. The third-order valence-electron chi connectivity index (χ3n) is 7.08. The van der Waals surface area contributed by atoms with Gasteiger partial charge in [0.2, 0.25) is 12.2 Å². The maximum absolute atomic E-state index is 13.1. The van der Waals surface area contributed by atoms with Crippen molar-refractivity contribution in [2.24, 2.45) is 0 Å². The van der Waals surface area contributed by atoms with E-state index in [1.54, 1.807) is 0 Å². The third kappa shape index (κ3) is 7.17. The lowest BCUT2D eigenvalue weighted by Gasteiger charge is -2.33. The molecule has 14 nitrogen and oxygen atoms in total. The second-order valence-electron chi connectivity index (χ2n) is 10.3. The summed E-state index contributed by atoms with van der Waals surface area (Å²) in [5.74, 6) is -1.53.